The molecule has 1 N–H and O–H groups in total. The van der Waals surface area contributed by atoms with Gasteiger partial charge in [-0.3, -0.25) is 4.79 Å². The Morgan fingerprint density at radius 3 is 2.72 bits per heavy atom. The molecule has 2 aromatic carbocycles. The van der Waals surface area contributed by atoms with E-state index in [-0.39, 0.29) is 27.6 Å². The lowest BCUT2D eigenvalue weighted by Crippen LogP contribution is -2.12. The maximum absolute atomic E-state index is 13.2. The number of H-pyrrole nitrogens is 1. The van der Waals surface area contributed by atoms with Crippen LogP contribution in [0.25, 0.3) is 16.6 Å². The van der Waals surface area contributed by atoms with Crippen molar-refractivity contribution in [3.8, 4) is 11.8 Å². The van der Waals surface area contributed by atoms with Crippen molar-refractivity contribution in [3.05, 3.63) is 57.9 Å². The van der Waals surface area contributed by atoms with Crippen LogP contribution in [-0.2, 0) is 9.84 Å². The first kappa shape index (κ1) is 18.6. The monoisotopic (exact) mass is 409 g/mol. The molecule has 0 fully saturated rings. The summed E-state index contributed by atoms with van der Waals surface area (Å²) < 4.78 is 32.9. The molecule has 0 aliphatic heterocycles. The first-order chi connectivity index (χ1) is 13.8. The van der Waals surface area contributed by atoms with Gasteiger partial charge in [0.1, 0.15) is 11.8 Å². The van der Waals surface area contributed by atoms with Crippen molar-refractivity contribution >= 4 is 26.4 Å². The van der Waals surface area contributed by atoms with Crippen LogP contribution in [0.4, 0.5) is 0 Å². The summed E-state index contributed by atoms with van der Waals surface area (Å²) >= 11 is 0. The SMILES string of the molecule is Cc1ccc(S(=O)(=O)c2nnn3c2[nH]c(=O)c2ccc(OCC#N)cc23)c(C)c1. The number of hydrogen-bond acceptors (Lipinski definition) is 7. The fourth-order valence-electron chi connectivity index (χ4n) is 3.19. The summed E-state index contributed by atoms with van der Waals surface area (Å²) in [6.45, 7) is 3.40. The van der Waals surface area contributed by atoms with Gasteiger partial charge in [0.2, 0.25) is 14.9 Å². The van der Waals surface area contributed by atoms with Crippen LogP contribution in [-0.4, -0.2) is 34.8 Å². The Kier molecular flexibility index (Phi) is 4.32. The zero-order chi connectivity index (χ0) is 20.8. The van der Waals surface area contributed by atoms with Crippen LogP contribution in [0.3, 0.4) is 0 Å². The molecule has 9 nitrogen and oxygen atoms in total. The number of nitriles is 1. The van der Waals surface area contributed by atoms with Crippen molar-refractivity contribution < 1.29 is 13.2 Å². The molecule has 29 heavy (non-hydrogen) atoms. The molecule has 0 spiro atoms. The first-order valence-corrected chi connectivity index (χ1v) is 10.0. The van der Waals surface area contributed by atoms with Crippen LogP contribution < -0.4 is 10.3 Å². The smallest absolute Gasteiger partial charge is 0.259 e. The van der Waals surface area contributed by atoms with E-state index in [9.17, 15) is 13.2 Å². The molecule has 0 saturated heterocycles. The third kappa shape index (κ3) is 3.01. The van der Waals surface area contributed by atoms with E-state index in [0.717, 1.165) is 5.56 Å². The van der Waals surface area contributed by atoms with E-state index in [1.54, 1.807) is 25.1 Å². The zero-order valence-corrected chi connectivity index (χ0v) is 16.3. The van der Waals surface area contributed by atoms with Gasteiger partial charge in [0.25, 0.3) is 5.56 Å². The highest BCUT2D eigenvalue weighted by atomic mass is 32.2. The normalized spacial score (nSPS) is 11.6. The van der Waals surface area contributed by atoms with E-state index in [2.05, 4.69) is 15.3 Å². The maximum atomic E-state index is 13.2. The van der Waals surface area contributed by atoms with Crippen LogP contribution >= 0.6 is 0 Å². The summed E-state index contributed by atoms with van der Waals surface area (Å²) in [6.07, 6.45) is 0. The molecule has 146 valence electrons. The van der Waals surface area contributed by atoms with Crippen molar-refractivity contribution in [2.75, 3.05) is 6.61 Å². The number of sulfone groups is 1. The average molecular weight is 409 g/mol. The van der Waals surface area contributed by atoms with Crippen molar-refractivity contribution in [1.82, 2.24) is 19.8 Å². The van der Waals surface area contributed by atoms with Crippen LogP contribution in [0.5, 0.6) is 5.75 Å². The standard InChI is InChI=1S/C19H15N5O4S/c1-11-3-6-16(12(2)9-11)29(26,27)19-17-21-18(25)14-5-4-13(28-8-7-20)10-15(14)24(17)23-22-19/h3-6,9-10H,8H2,1-2H3,(H,21,25). The molecule has 4 rings (SSSR count). The van der Waals surface area contributed by atoms with E-state index in [1.807, 2.05) is 13.0 Å². The molecule has 0 unspecified atom stereocenters. The second-order valence-corrected chi connectivity index (χ2v) is 8.34. The van der Waals surface area contributed by atoms with Gasteiger partial charge >= 0.3 is 0 Å². The van der Waals surface area contributed by atoms with Crippen molar-refractivity contribution in [1.29, 1.82) is 5.26 Å². The highest BCUT2D eigenvalue weighted by Crippen LogP contribution is 2.27. The quantitative estimate of drug-likeness (QED) is 0.545. The van der Waals surface area contributed by atoms with Crippen molar-refractivity contribution in [2.45, 2.75) is 23.8 Å². The topological polar surface area (TPSA) is 130 Å². The third-order valence-electron chi connectivity index (χ3n) is 4.49. The molecule has 10 heteroatoms. The fourth-order valence-corrected chi connectivity index (χ4v) is 4.66. The summed E-state index contributed by atoms with van der Waals surface area (Å²) in [4.78, 5) is 15.2. The fraction of sp³-hybridized carbons (Fsp3) is 0.158. The number of aromatic amines is 1. The van der Waals surface area contributed by atoms with Gasteiger partial charge in [0, 0.05) is 6.07 Å². The van der Waals surface area contributed by atoms with Crippen LogP contribution in [0.2, 0.25) is 0 Å². The third-order valence-corrected chi connectivity index (χ3v) is 6.31. The molecule has 0 aliphatic carbocycles. The number of hydrogen-bond donors (Lipinski definition) is 1. The Morgan fingerprint density at radius 2 is 2.00 bits per heavy atom. The van der Waals surface area contributed by atoms with E-state index in [4.69, 9.17) is 10.00 Å². The molecule has 0 amide bonds. The molecule has 0 atom stereocenters. The van der Waals surface area contributed by atoms with Gasteiger partial charge in [-0.25, -0.2) is 8.42 Å². The number of nitrogens with zero attached hydrogens (tertiary/aromatic N) is 4. The van der Waals surface area contributed by atoms with E-state index in [1.165, 1.54) is 22.7 Å². The molecule has 4 aromatic rings. The summed E-state index contributed by atoms with van der Waals surface area (Å²) in [7, 11) is -4.02. The number of aryl methyl sites for hydroxylation is 2. The maximum Gasteiger partial charge on any atom is 0.259 e. The Morgan fingerprint density at radius 1 is 1.21 bits per heavy atom. The minimum Gasteiger partial charge on any atom is -0.479 e. The van der Waals surface area contributed by atoms with Gasteiger partial charge in [-0.2, -0.15) is 9.78 Å². The predicted octanol–water partition coefficient (Wildman–Crippen LogP) is 1.92. The molecule has 0 bridgehead atoms. The van der Waals surface area contributed by atoms with E-state index >= 15 is 0 Å². The van der Waals surface area contributed by atoms with Crippen LogP contribution in [0, 0.1) is 25.2 Å². The van der Waals surface area contributed by atoms with Crippen LogP contribution in [0.15, 0.2) is 51.1 Å². The number of nitrogens with one attached hydrogen (secondary N) is 1. The Balaban J connectivity index is 1.98. The van der Waals surface area contributed by atoms with Gasteiger partial charge in [0.15, 0.2) is 12.3 Å². The highest BCUT2D eigenvalue weighted by Gasteiger charge is 2.27. The lowest BCUT2D eigenvalue weighted by Gasteiger charge is -2.07. The number of aromatic nitrogens is 4. The van der Waals surface area contributed by atoms with E-state index < -0.39 is 15.4 Å². The second kappa shape index (κ2) is 6.72. The Labute approximate surface area is 165 Å². The molecule has 2 heterocycles. The lowest BCUT2D eigenvalue weighted by molar-refractivity contribution is 0.368. The number of benzene rings is 2. The average Bonchev–Trinajstić information content (AvgIpc) is 3.10. The van der Waals surface area contributed by atoms with E-state index in [0.29, 0.717) is 16.8 Å². The van der Waals surface area contributed by atoms with Crippen molar-refractivity contribution in [3.63, 3.8) is 0 Å². The van der Waals surface area contributed by atoms with Gasteiger partial charge in [-0.1, -0.05) is 22.9 Å². The summed E-state index contributed by atoms with van der Waals surface area (Å²) in [5.41, 5.74) is 1.28. The number of rotatable bonds is 4. The van der Waals surface area contributed by atoms with Gasteiger partial charge < -0.3 is 9.72 Å². The predicted molar refractivity (Wildman–Crippen MR) is 104 cm³/mol. The highest BCUT2D eigenvalue weighted by molar-refractivity contribution is 7.91. The van der Waals surface area contributed by atoms with Gasteiger partial charge in [-0.05, 0) is 37.6 Å². The molecule has 2 aromatic heterocycles. The second-order valence-electron chi connectivity index (χ2n) is 6.51. The summed E-state index contributed by atoms with van der Waals surface area (Å²) in [5.74, 6) is 0.347. The molecule has 0 aliphatic rings. The number of ether oxygens (including phenoxy) is 1. The summed E-state index contributed by atoms with van der Waals surface area (Å²) in [6, 6.07) is 11.4. The largest absolute Gasteiger partial charge is 0.479 e. The Hall–Kier alpha value is -3.71. The van der Waals surface area contributed by atoms with Gasteiger partial charge in [-0.15, -0.1) is 5.10 Å². The molecule has 0 radical (unpaired) electrons. The molecule has 0 saturated carbocycles. The molecular formula is C19H15N5O4S. The minimum atomic E-state index is -4.02. The van der Waals surface area contributed by atoms with Crippen molar-refractivity contribution in [2.24, 2.45) is 0 Å². The Bertz CT molecular complexity index is 1480. The minimum absolute atomic E-state index is 0.0418. The number of fused-ring (bicyclic) bond motifs is 3. The van der Waals surface area contributed by atoms with Gasteiger partial charge in [0.05, 0.1) is 15.8 Å². The van der Waals surface area contributed by atoms with Crippen LogP contribution in [0.1, 0.15) is 11.1 Å². The first-order valence-electron chi connectivity index (χ1n) is 8.56. The zero-order valence-electron chi connectivity index (χ0n) is 15.5. The molecular weight excluding hydrogens is 394 g/mol. The summed E-state index contributed by atoms with van der Waals surface area (Å²) in [5, 5.41) is 16.4. The lowest BCUT2D eigenvalue weighted by atomic mass is 10.2.